The van der Waals surface area contributed by atoms with Crippen LogP contribution in [0.1, 0.15) is 5.56 Å². The molecule has 4 rings (SSSR count). The SMILES string of the molecule is CON=C(C(=O)NC1C(=O)N2CC(CSc3nnnn3C)(C(=O)O)CS[C@H]12)c1ccc(O)c(Cl)c1. The van der Waals surface area contributed by atoms with Crippen molar-refractivity contribution >= 4 is 58.6 Å². The highest BCUT2D eigenvalue weighted by Crippen LogP contribution is 2.44. The third kappa shape index (κ3) is 4.75. The lowest BCUT2D eigenvalue weighted by molar-refractivity contribution is -0.157. The fourth-order valence-corrected chi connectivity index (χ4v) is 6.52. The summed E-state index contributed by atoms with van der Waals surface area (Å²) in [4.78, 5) is 44.2. The first-order chi connectivity index (χ1) is 16.7. The Kier molecular flexibility index (Phi) is 7.10. The van der Waals surface area contributed by atoms with Crippen molar-refractivity contribution in [3.8, 4) is 5.75 Å². The number of halogens is 1. The molecule has 2 aliphatic rings. The minimum absolute atomic E-state index is 0.00390. The van der Waals surface area contributed by atoms with Crippen LogP contribution in [-0.2, 0) is 26.3 Å². The molecular weight excluding hydrogens is 522 g/mol. The van der Waals surface area contributed by atoms with Gasteiger partial charge in [0, 0.05) is 30.7 Å². The molecule has 0 spiro atoms. The van der Waals surface area contributed by atoms with Gasteiger partial charge in [-0.3, -0.25) is 14.4 Å². The maximum absolute atomic E-state index is 12.9. The summed E-state index contributed by atoms with van der Waals surface area (Å²) >= 11 is 8.42. The summed E-state index contributed by atoms with van der Waals surface area (Å²) in [5, 5.41) is 37.2. The Balaban J connectivity index is 1.44. The molecule has 1 aromatic heterocycles. The van der Waals surface area contributed by atoms with Crippen molar-refractivity contribution in [1.29, 1.82) is 0 Å². The average molecular weight is 542 g/mol. The summed E-state index contributed by atoms with van der Waals surface area (Å²) in [6.45, 7) is -0.00390. The summed E-state index contributed by atoms with van der Waals surface area (Å²) in [7, 11) is 2.92. The van der Waals surface area contributed by atoms with E-state index >= 15 is 0 Å². The first-order valence-corrected chi connectivity index (χ1v) is 12.5. The van der Waals surface area contributed by atoms with Gasteiger partial charge >= 0.3 is 5.97 Å². The van der Waals surface area contributed by atoms with Gasteiger partial charge in [-0.15, -0.1) is 16.9 Å². The molecule has 35 heavy (non-hydrogen) atoms. The van der Waals surface area contributed by atoms with E-state index in [4.69, 9.17) is 16.4 Å². The Bertz CT molecular complexity index is 1210. The van der Waals surface area contributed by atoms with E-state index in [0.717, 1.165) is 0 Å². The smallest absolute Gasteiger partial charge is 0.313 e. The third-order valence-corrected chi connectivity index (χ3v) is 8.75. The summed E-state index contributed by atoms with van der Waals surface area (Å²) in [6, 6.07) is 3.24. The van der Waals surface area contributed by atoms with Crippen LogP contribution in [0.15, 0.2) is 28.5 Å². The number of hydrogen-bond donors (Lipinski definition) is 3. The van der Waals surface area contributed by atoms with Crippen LogP contribution in [0.4, 0.5) is 0 Å². The number of benzene rings is 1. The van der Waals surface area contributed by atoms with Crippen molar-refractivity contribution < 1.29 is 29.4 Å². The molecule has 3 N–H and O–H groups in total. The highest BCUT2D eigenvalue weighted by molar-refractivity contribution is 8.00. The van der Waals surface area contributed by atoms with Crippen LogP contribution in [0.25, 0.3) is 0 Å². The number of aryl methyl sites for hydroxylation is 1. The number of carbonyl (C=O) groups excluding carboxylic acids is 2. The van der Waals surface area contributed by atoms with E-state index in [2.05, 4.69) is 26.0 Å². The van der Waals surface area contributed by atoms with Gasteiger partial charge in [0.15, 0.2) is 5.71 Å². The normalized spacial score (nSPS) is 23.9. The number of rotatable bonds is 8. The van der Waals surface area contributed by atoms with Crippen molar-refractivity contribution in [2.45, 2.75) is 16.6 Å². The molecule has 186 valence electrons. The number of phenolic OH excluding ortho intramolecular Hbond substituents is 1. The van der Waals surface area contributed by atoms with Gasteiger partial charge in [0.1, 0.15) is 29.7 Å². The van der Waals surface area contributed by atoms with E-state index in [0.29, 0.717) is 5.16 Å². The number of aromatic nitrogens is 4. The fourth-order valence-electron chi connectivity index (χ4n) is 3.63. The average Bonchev–Trinajstić information content (AvgIpc) is 3.25. The molecule has 2 amide bonds. The molecular formula is C19H20ClN7O6S2. The Morgan fingerprint density at radius 2 is 2.23 bits per heavy atom. The zero-order valence-electron chi connectivity index (χ0n) is 18.4. The zero-order chi connectivity index (χ0) is 25.3. The first-order valence-electron chi connectivity index (χ1n) is 10.1. The van der Waals surface area contributed by atoms with Gasteiger partial charge < -0.3 is 25.3 Å². The Labute approximate surface area is 212 Å². The molecule has 13 nitrogen and oxygen atoms in total. The molecule has 2 saturated heterocycles. The predicted molar refractivity (Wildman–Crippen MR) is 126 cm³/mol. The number of fused-ring (bicyclic) bond motifs is 1. The Morgan fingerprint density at radius 1 is 1.46 bits per heavy atom. The number of β-lactam (4-membered cyclic amide) rings is 1. The van der Waals surface area contributed by atoms with Crippen molar-refractivity contribution in [3.05, 3.63) is 28.8 Å². The molecule has 0 saturated carbocycles. The molecule has 2 aromatic rings. The minimum Gasteiger partial charge on any atom is -0.506 e. The quantitative estimate of drug-likeness (QED) is 0.180. The molecule has 1 aromatic carbocycles. The van der Waals surface area contributed by atoms with Crippen LogP contribution in [0, 0.1) is 5.41 Å². The monoisotopic (exact) mass is 541 g/mol. The van der Waals surface area contributed by atoms with Crippen molar-refractivity contribution in [2.75, 3.05) is 25.2 Å². The topological polar surface area (TPSA) is 172 Å². The standard InChI is InChI=1S/C19H20ClN7O6S2/c1-26-18(22-24-25-26)35-8-19(17(31)32)6-27-15(30)13(16(27)34-7-19)21-14(29)12(23-33-2)9-3-4-11(28)10(20)5-9/h3-5,13,16,28H,6-8H2,1-2H3,(H,21,29)(H,31,32)/t13?,16-,19?/m1/s1. The highest BCUT2D eigenvalue weighted by Gasteiger charge is 2.57. The molecule has 2 unspecified atom stereocenters. The first kappa shape index (κ1) is 25.1. The van der Waals surface area contributed by atoms with Gasteiger partial charge in [0.2, 0.25) is 11.1 Å². The molecule has 2 fully saturated rings. The molecule has 3 heterocycles. The maximum atomic E-state index is 12.9. The van der Waals surface area contributed by atoms with Crippen LogP contribution in [0.2, 0.25) is 5.02 Å². The van der Waals surface area contributed by atoms with Crippen LogP contribution in [0.3, 0.4) is 0 Å². The summed E-state index contributed by atoms with van der Waals surface area (Å²) in [5.41, 5.74) is -1.05. The van der Waals surface area contributed by atoms with E-state index in [9.17, 15) is 24.6 Å². The number of nitrogens with zero attached hydrogens (tertiary/aromatic N) is 6. The van der Waals surface area contributed by atoms with E-state index in [1.165, 1.54) is 58.4 Å². The lowest BCUT2D eigenvalue weighted by Gasteiger charge is -2.53. The van der Waals surface area contributed by atoms with E-state index in [-0.39, 0.29) is 40.1 Å². The minimum atomic E-state index is -1.20. The van der Waals surface area contributed by atoms with E-state index in [1.807, 2.05) is 0 Å². The second-order valence-electron chi connectivity index (χ2n) is 7.87. The number of nitrogens with one attached hydrogen (secondary N) is 1. The molecule has 0 aliphatic carbocycles. The van der Waals surface area contributed by atoms with Gasteiger partial charge in [-0.1, -0.05) is 28.5 Å². The predicted octanol–water partition coefficient (Wildman–Crippen LogP) is 0.183. The summed E-state index contributed by atoms with van der Waals surface area (Å²) < 4.78 is 1.44. The molecule has 3 atom stereocenters. The van der Waals surface area contributed by atoms with Gasteiger partial charge in [-0.2, -0.15) is 0 Å². The van der Waals surface area contributed by atoms with E-state index in [1.54, 1.807) is 7.05 Å². The lowest BCUT2D eigenvalue weighted by Crippen LogP contribution is -2.74. The van der Waals surface area contributed by atoms with Gasteiger partial charge in [0.25, 0.3) is 5.91 Å². The number of carbonyl (C=O) groups is 3. The second kappa shape index (κ2) is 9.91. The number of aromatic hydroxyl groups is 1. The van der Waals surface area contributed by atoms with Crippen LogP contribution in [-0.4, -0.2) is 95.4 Å². The molecule has 16 heteroatoms. The number of carboxylic acid groups (broad SMARTS) is 1. The Morgan fingerprint density at radius 3 is 2.86 bits per heavy atom. The van der Waals surface area contributed by atoms with Crippen molar-refractivity contribution in [3.63, 3.8) is 0 Å². The number of phenols is 1. The number of oxime groups is 1. The van der Waals surface area contributed by atoms with Gasteiger partial charge in [0.05, 0.1) is 5.02 Å². The molecule has 0 bridgehead atoms. The van der Waals surface area contributed by atoms with Gasteiger partial charge in [-0.05, 0) is 28.6 Å². The maximum Gasteiger partial charge on any atom is 0.313 e. The van der Waals surface area contributed by atoms with Crippen LogP contribution >= 0.6 is 35.1 Å². The second-order valence-corrected chi connectivity index (χ2v) is 10.3. The van der Waals surface area contributed by atoms with Crippen LogP contribution in [0.5, 0.6) is 5.75 Å². The Hall–Kier alpha value is -3.04. The number of thioether (sulfide) groups is 2. The fraction of sp³-hybridized carbons (Fsp3) is 0.421. The van der Waals surface area contributed by atoms with E-state index < -0.39 is 34.6 Å². The largest absolute Gasteiger partial charge is 0.506 e. The number of tetrazole rings is 1. The molecule has 2 aliphatic heterocycles. The highest BCUT2D eigenvalue weighted by atomic mass is 35.5. The number of amides is 2. The number of carboxylic acids is 1. The third-order valence-electron chi connectivity index (χ3n) is 5.56. The van der Waals surface area contributed by atoms with Crippen molar-refractivity contribution in [2.24, 2.45) is 17.6 Å². The summed E-state index contributed by atoms with van der Waals surface area (Å²) in [5.74, 6) is -1.85. The lowest BCUT2D eigenvalue weighted by atomic mass is 9.89. The molecule has 0 radical (unpaired) electrons. The number of hydrogen-bond acceptors (Lipinski definition) is 11. The number of aliphatic carboxylic acids is 1. The van der Waals surface area contributed by atoms with Crippen LogP contribution < -0.4 is 5.32 Å². The zero-order valence-corrected chi connectivity index (χ0v) is 20.8. The van der Waals surface area contributed by atoms with Gasteiger partial charge in [-0.25, -0.2) is 4.68 Å². The summed E-state index contributed by atoms with van der Waals surface area (Å²) in [6.07, 6.45) is 0. The van der Waals surface area contributed by atoms with Crippen molar-refractivity contribution in [1.82, 2.24) is 30.4 Å².